The quantitative estimate of drug-likeness (QED) is 0.548. The molecular formula is C11H23N3O. The van der Waals surface area contributed by atoms with Crippen LogP contribution < -0.4 is 11.1 Å². The van der Waals surface area contributed by atoms with E-state index in [9.17, 15) is 4.79 Å². The molecule has 1 amide bonds. The van der Waals surface area contributed by atoms with Gasteiger partial charge in [0.2, 0.25) is 5.91 Å². The SMILES string of the molecule is CC(C)NC(=O)C(C)N=C(N)C(C)(C)C. The summed E-state index contributed by atoms with van der Waals surface area (Å²) < 4.78 is 0. The van der Waals surface area contributed by atoms with Crippen molar-refractivity contribution in [3.8, 4) is 0 Å². The zero-order valence-corrected chi connectivity index (χ0v) is 10.6. The normalized spacial score (nSPS) is 15.3. The number of nitrogens with zero attached hydrogens (tertiary/aromatic N) is 1. The summed E-state index contributed by atoms with van der Waals surface area (Å²) in [6, 6.07) is -0.294. The van der Waals surface area contributed by atoms with Gasteiger partial charge in [0.05, 0.1) is 0 Å². The van der Waals surface area contributed by atoms with E-state index in [1.807, 2.05) is 34.6 Å². The van der Waals surface area contributed by atoms with Crippen LogP contribution in [0.5, 0.6) is 0 Å². The van der Waals surface area contributed by atoms with Crippen molar-refractivity contribution in [2.45, 2.75) is 53.6 Å². The first-order valence-corrected chi connectivity index (χ1v) is 5.28. The summed E-state index contributed by atoms with van der Waals surface area (Å²) in [6.45, 7) is 11.5. The highest BCUT2D eigenvalue weighted by molar-refractivity contribution is 5.89. The number of hydrogen-bond donors (Lipinski definition) is 2. The minimum atomic E-state index is -0.424. The summed E-state index contributed by atoms with van der Waals surface area (Å²) >= 11 is 0. The molecule has 0 heterocycles. The predicted molar refractivity (Wildman–Crippen MR) is 63.8 cm³/mol. The summed E-state index contributed by atoms with van der Waals surface area (Å²) in [5, 5.41) is 2.80. The van der Waals surface area contributed by atoms with Crippen molar-refractivity contribution in [3.05, 3.63) is 0 Å². The summed E-state index contributed by atoms with van der Waals surface area (Å²) in [7, 11) is 0. The van der Waals surface area contributed by atoms with E-state index in [4.69, 9.17) is 5.73 Å². The van der Waals surface area contributed by atoms with Gasteiger partial charge < -0.3 is 11.1 Å². The Bertz CT molecular complexity index is 251. The van der Waals surface area contributed by atoms with Gasteiger partial charge in [-0.05, 0) is 20.8 Å². The summed E-state index contributed by atoms with van der Waals surface area (Å²) in [5.74, 6) is 0.422. The Morgan fingerprint density at radius 1 is 1.27 bits per heavy atom. The third-order valence-electron chi connectivity index (χ3n) is 1.91. The van der Waals surface area contributed by atoms with Crippen molar-refractivity contribution in [2.75, 3.05) is 0 Å². The zero-order valence-electron chi connectivity index (χ0n) is 10.6. The largest absolute Gasteiger partial charge is 0.387 e. The smallest absolute Gasteiger partial charge is 0.244 e. The Balaban J connectivity index is 4.48. The first kappa shape index (κ1) is 13.9. The molecule has 0 aromatic heterocycles. The number of aliphatic imine (C=N–C) groups is 1. The van der Waals surface area contributed by atoms with Crippen LogP contribution >= 0.6 is 0 Å². The number of carbonyl (C=O) groups excluding carboxylic acids is 1. The number of carbonyl (C=O) groups is 1. The van der Waals surface area contributed by atoms with Crippen LogP contribution in [0.2, 0.25) is 0 Å². The molecule has 0 aliphatic heterocycles. The third-order valence-corrected chi connectivity index (χ3v) is 1.91. The zero-order chi connectivity index (χ0) is 12.2. The van der Waals surface area contributed by atoms with Gasteiger partial charge in [-0.15, -0.1) is 0 Å². The van der Waals surface area contributed by atoms with Gasteiger partial charge in [0.25, 0.3) is 0 Å². The topological polar surface area (TPSA) is 67.5 Å². The molecule has 0 rings (SSSR count). The highest BCUT2D eigenvalue weighted by atomic mass is 16.2. The van der Waals surface area contributed by atoms with Gasteiger partial charge in [-0.3, -0.25) is 9.79 Å². The van der Waals surface area contributed by atoms with Crippen LogP contribution in [0.4, 0.5) is 0 Å². The van der Waals surface area contributed by atoms with E-state index in [-0.39, 0.29) is 17.4 Å². The van der Waals surface area contributed by atoms with Gasteiger partial charge in [0.15, 0.2) is 0 Å². The number of amidine groups is 1. The Kier molecular flexibility index (Phi) is 4.78. The molecule has 0 saturated carbocycles. The van der Waals surface area contributed by atoms with Crippen LogP contribution in [0, 0.1) is 5.41 Å². The van der Waals surface area contributed by atoms with E-state index in [1.165, 1.54) is 0 Å². The van der Waals surface area contributed by atoms with Crippen LogP contribution in [0.25, 0.3) is 0 Å². The first-order valence-electron chi connectivity index (χ1n) is 5.28. The lowest BCUT2D eigenvalue weighted by Gasteiger charge is -2.19. The molecule has 0 saturated heterocycles. The maximum Gasteiger partial charge on any atom is 0.244 e. The molecule has 0 spiro atoms. The molecule has 1 atom stereocenters. The van der Waals surface area contributed by atoms with Gasteiger partial charge in [-0.2, -0.15) is 0 Å². The minimum Gasteiger partial charge on any atom is -0.387 e. The Hall–Kier alpha value is -1.06. The minimum absolute atomic E-state index is 0.0859. The molecule has 0 aliphatic rings. The molecule has 15 heavy (non-hydrogen) atoms. The standard InChI is InChI=1S/C11H23N3O/c1-7(2)13-9(15)8(3)14-10(12)11(4,5)6/h7-8H,1-6H3,(H2,12,14)(H,13,15). The summed E-state index contributed by atoms with van der Waals surface area (Å²) in [6.07, 6.45) is 0. The number of nitrogens with one attached hydrogen (secondary N) is 1. The van der Waals surface area contributed by atoms with Crippen LogP contribution in [-0.4, -0.2) is 23.8 Å². The van der Waals surface area contributed by atoms with E-state index in [2.05, 4.69) is 10.3 Å². The monoisotopic (exact) mass is 213 g/mol. The Morgan fingerprint density at radius 2 is 1.73 bits per heavy atom. The van der Waals surface area contributed by atoms with Gasteiger partial charge >= 0.3 is 0 Å². The molecule has 1 unspecified atom stereocenters. The van der Waals surface area contributed by atoms with Crippen molar-refractivity contribution in [3.63, 3.8) is 0 Å². The fourth-order valence-electron chi connectivity index (χ4n) is 0.866. The Labute approximate surface area is 92.3 Å². The molecule has 0 radical (unpaired) electrons. The first-order chi connectivity index (χ1) is 6.64. The maximum atomic E-state index is 11.5. The average Bonchev–Trinajstić information content (AvgIpc) is 2.00. The molecule has 0 aliphatic carbocycles. The van der Waals surface area contributed by atoms with Crippen molar-refractivity contribution in [1.82, 2.24) is 5.32 Å². The lowest BCUT2D eigenvalue weighted by atomic mass is 9.95. The second kappa shape index (κ2) is 5.14. The molecule has 4 nitrogen and oxygen atoms in total. The van der Waals surface area contributed by atoms with Gasteiger partial charge in [-0.25, -0.2) is 0 Å². The maximum absolute atomic E-state index is 11.5. The fraction of sp³-hybridized carbons (Fsp3) is 0.818. The average molecular weight is 213 g/mol. The second-order valence-corrected chi connectivity index (χ2v) is 5.10. The Morgan fingerprint density at radius 3 is 2.07 bits per heavy atom. The number of rotatable bonds is 3. The molecule has 0 aromatic carbocycles. The number of hydrogen-bond acceptors (Lipinski definition) is 2. The highest BCUT2D eigenvalue weighted by Gasteiger charge is 2.19. The predicted octanol–water partition coefficient (Wildman–Crippen LogP) is 1.30. The van der Waals surface area contributed by atoms with Gasteiger partial charge in [0, 0.05) is 11.5 Å². The van der Waals surface area contributed by atoms with Crippen LogP contribution in [0.1, 0.15) is 41.5 Å². The van der Waals surface area contributed by atoms with E-state index in [0.29, 0.717) is 5.84 Å². The fourth-order valence-corrected chi connectivity index (χ4v) is 0.866. The van der Waals surface area contributed by atoms with Crippen LogP contribution in [0.15, 0.2) is 4.99 Å². The molecule has 88 valence electrons. The van der Waals surface area contributed by atoms with Gasteiger partial charge in [-0.1, -0.05) is 20.8 Å². The lowest BCUT2D eigenvalue weighted by Crippen LogP contribution is -2.39. The van der Waals surface area contributed by atoms with E-state index >= 15 is 0 Å². The molecule has 0 aromatic rings. The van der Waals surface area contributed by atoms with Crippen molar-refractivity contribution in [1.29, 1.82) is 0 Å². The molecule has 0 bridgehead atoms. The second-order valence-electron chi connectivity index (χ2n) is 5.10. The molecule has 4 heteroatoms. The van der Waals surface area contributed by atoms with Crippen molar-refractivity contribution in [2.24, 2.45) is 16.1 Å². The molecule has 3 N–H and O–H groups in total. The highest BCUT2D eigenvalue weighted by Crippen LogP contribution is 2.13. The lowest BCUT2D eigenvalue weighted by molar-refractivity contribution is -0.122. The third kappa shape index (κ3) is 5.40. The molecule has 0 fully saturated rings. The molecular weight excluding hydrogens is 190 g/mol. The van der Waals surface area contributed by atoms with E-state index in [0.717, 1.165) is 0 Å². The van der Waals surface area contributed by atoms with Gasteiger partial charge in [0.1, 0.15) is 11.9 Å². The number of nitrogens with two attached hydrogens (primary N) is 1. The van der Waals surface area contributed by atoms with Crippen molar-refractivity contribution < 1.29 is 4.79 Å². The summed E-state index contributed by atoms with van der Waals surface area (Å²) in [5.41, 5.74) is 5.60. The van der Waals surface area contributed by atoms with E-state index < -0.39 is 6.04 Å². The van der Waals surface area contributed by atoms with E-state index in [1.54, 1.807) is 6.92 Å². The van der Waals surface area contributed by atoms with Crippen LogP contribution in [-0.2, 0) is 4.79 Å². The van der Waals surface area contributed by atoms with Crippen molar-refractivity contribution >= 4 is 11.7 Å². The number of amides is 1. The van der Waals surface area contributed by atoms with Crippen LogP contribution in [0.3, 0.4) is 0 Å². The summed E-state index contributed by atoms with van der Waals surface area (Å²) in [4.78, 5) is 15.7.